The van der Waals surface area contributed by atoms with Crippen LogP contribution in [-0.4, -0.2) is 41.5 Å². The second-order valence-electron chi connectivity index (χ2n) is 4.85. The molecule has 6 heteroatoms. The first kappa shape index (κ1) is 15.0. The van der Waals surface area contributed by atoms with Gasteiger partial charge in [0.1, 0.15) is 0 Å². The number of carbonyl (C=O) groups excluding carboxylic acids is 1. The van der Waals surface area contributed by atoms with Crippen molar-refractivity contribution in [3.05, 3.63) is 28.2 Å². The van der Waals surface area contributed by atoms with E-state index in [0.29, 0.717) is 16.6 Å². The molecule has 1 aliphatic heterocycles. The minimum absolute atomic E-state index is 0.0549. The summed E-state index contributed by atoms with van der Waals surface area (Å²) in [6.07, 6.45) is 2.88. The van der Waals surface area contributed by atoms with E-state index in [2.05, 4.69) is 26.1 Å². The highest BCUT2D eigenvalue weighted by atomic mass is 79.9. The molecule has 1 saturated heterocycles. The van der Waals surface area contributed by atoms with Crippen molar-refractivity contribution in [1.29, 1.82) is 0 Å². The summed E-state index contributed by atoms with van der Waals surface area (Å²) in [7, 11) is 0. The predicted octanol–water partition coefficient (Wildman–Crippen LogP) is 2.57. The molecule has 108 valence electrons. The maximum absolute atomic E-state index is 11.9. The van der Waals surface area contributed by atoms with E-state index < -0.39 is 5.97 Å². The van der Waals surface area contributed by atoms with E-state index in [0.717, 1.165) is 19.6 Å². The average molecular weight is 341 g/mol. The van der Waals surface area contributed by atoms with E-state index in [1.54, 1.807) is 6.07 Å². The van der Waals surface area contributed by atoms with E-state index in [-0.39, 0.29) is 11.5 Å². The summed E-state index contributed by atoms with van der Waals surface area (Å²) in [4.78, 5) is 25.0. The van der Waals surface area contributed by atoms with Crippen LogP contribution in [0.4, 0.5) is 5.69 Å². The molecule has 0 bridgehead atoms. The van der Waals surface area contributed by atoms with Crippen molar-refractivity contribution in [3.63, 3.8) is 0 Å². The predicted molar refractivity (Wildman–Crippen MR) is 80.0 cm³/mol. The molecule has 0 atom stereocenters. The number of rotatable bonds is 5. The number of nitrogens with zero attached hydrogens (tertiary/aromatic N) is 1. The van der Waals surface area contributed by atoms with Gasteiger partial charge in [0.25, 0.3) is 0 Å². The molecule has 1 fully saturated rings. The van der Waals surface area contributed by atoms with Crippen LogP contribution in [0.25, 0.3) is 0 Å². The van der Waals surface area contributed by atoms with Gasteiger partial charge in [-0.1, -0.05) is 0 Å². The first-order valence-corrected chi connectivity index (χ1v) is 7.40. The lowest BCUT2D eigenvalue weighted by Gasteiger charge is -2.14. The fraction of sp³-hybridized carbons (Fsp3) is 0.429. The van der Waals surface area contributed by atoms with Crippen LogP contribution < -0.4 is 5.32 Å². The molecule has 1 heterocycles. The van der Waals surface area contributed by atoms with Gasteiger partial charge in [0.05, 0.1) is 11.3 Å². The molecule has 2 N–H and O–H groups in total. The SMILES string of the molecule is O=C(CCN1CCCC1)Nc1ccc(C(=O)O)cc1Br. The van der Waals surface area contributed by atoms with Crippen LogP contribution in [0.3, 0.4) is 0 Å². The Bertz CT molecular complexity index is 513. The number of hydrogen-bond acceptors (Lipinski definition) is 3. The van der Waals surface area contributed by atoms with Crippen molar-refractivity contribution >= 4 is 33.5 Å². The van der Waals surface area contributed by atoms with Crippen molar-refractivity contribution < 1.29 is 14.7 Å². The van der Waals surface area contributed by atoms with Gasteiger partial charge in [-0.2, -0.15) is 0 Å². The number of nitrogens with one attached hydrogen (secondary N) is 1. The lowest BCUT2D eigenvalue weighted by atomic mass is 10.2. The number of carbonyl (C=O) groups is 2. The number of anilines is 1. The maximum atomic E-state index is 11.9. The number of carboxylic acids is 1. The molecular weight excluding hydrogens is 324 g/mol. The number of amides is 1. The Balaban J connectivity index is 1.88. The first-order chi connectivity index (χ1) is 9.56. The van der Waals surface area contributed by atoms with Crippen LogP contribution in [0.5, 0.6) is 0 Å². The van der Waals surface area contributed by atoms with Gasteiger partial charge in [0.15, 0.2) is 0 Å². The number of aromatic carboxylic acids is 1. The highest BCUT2D eigenvalue weighted by Crippen LogP contribution is 2.24. The summed E-state index contributed by atoms with van der Waals surface area (Å²) in [6, 6.07) is 4.56. The van der Waals surface area contributed by atoms with Crippen molar-refractivity contribution in [3.8, 4) is 0 Å². The van der Waals surface area contributed by atoms with Gasteiger partial charge >= 0.3 is 5.97 Å². The van der Waals surface area contributed by atoms with Crippen LogP contribution in [0.15, 0.2) is 22.7 Å². The Labute approximate surface area is 126 Å². The second kappa shape index (κ2) is 6.85. The number of likely N-dealkylation sites (tertiary alicyclic amines) is 1. The second-order valence-corrected chi connectivity index (χ2v) is 5.70. The molecule has 1 aromatic rings. The molecule has 1 aliphatic rings. The fourth-order valence-electron chi connectivity index (χ4n) is 2.23. The summed E-state index contributed by atoms with van der Waals surface area (Å²) < 4.78 is 0.576. The molecule has 0 aromatic heterocycles. The Kier molecular flexibility index (Phi) is 5.14. The highest BCUT2D eigenvalue weighted by Gasteiger charge is 2.14. The van der Waals surface area contributed by atoms with Crippen LogP contribution in [-0.2, 0) is 4.79 Å². The Morgan fingerprint density at radius 1 is 1.30 bits per heavy atom. The highest BCUT2D eigenvalue weighted by molar-refractivity contribution is 9.10. The lowest BCUT2D eigenvalue weighted by molar-refractivity contribution is -0.116. The summed E-state index contributed by atoms with van der Waals surface area (Å²) in [5.74, 6) is -1.04. The topological polar surface area (TPSA) is 69.6 Å². The van der Waals surface area contributed by atoms with Gasteiger partial charge < -0.3 is 15.3 Å². The van der Waals surface area contributed by atoms with E-state index >= 15 is 0 Å². The van der Waals surface area contributed by atoms with E-state index in [9.17, 15) is 9.59 Å². The Morgan fingerprint density at radius 2 is 2.00 bits per heavy atom. The summed E-state index contributed by atoms with van der Waals surface area (Å²) in [5, 5.41) is 11.7. The number of halogens is 1. The van der Waals surface area contributed by atoms with Gasteiger partial charge in [-0.3, -0.25) is 4.79 Å². The van der Waals surface area contributed by atoms with Crippen LogP contribution >= 0.6 is 15.9 Å². The molecular formula is C14H17BrN2O3. The molecule has 0 saturated carbocycles. The zero-order valence-corrected chi connectivity index (χ0v) is 12.6. The third-order valence-electron chi connectivity index (χ3n) is 3.34. The van der Waals surface area contributed by atoms with Crippen molar-refractivity contribution in [2.75, 3.05) is 25.0 Å². The minimum Gasteiger partial charge on any atom is -0.478 e. The first-order valence-electron chi connectivity index (χ1n) is 6.61. The zero-order valence-electron chi connectivity index (χ0n) is 11.1. The summed E-state index contributed by atoms with van der Waals surface area (Å²) in [6.45, 7) is 2.92. The Morgan fingerprint density at radius 3 is 2.60 bits per heavy atom. The fourth-order valence-corrected chi connectivity index (χ4v) is 2.71. The van der Waals surface area contributed by atoms with Gasteiger partial charge in [0.2, 0.25) is 5.91 Å². The molecule has 2 rings (SSSR count). The van der Waals surface area contributed by atoms with Crippen molar-refractivity contribution in [2.45, 2.75) is 19.3 Å². The molecule has 0 aliphatic carbocycles. The van der Waals surface area contributed by atoms with Crippen LogP contribution in [0.1, 0.15) is 29.6 Å². The van der Waals surface area contributed by atoms with Crippen LogP contribution in [0, 0.1) is 0 Å². The largest absolute Gasteiger partial charge is 0.478 e. The van der Waals surface area contributed by atoms with E-state index in [1.165, 1.54) is 25.0 Å². The van der Waals surface area contributed by atoms with Crippen molar-refractivity contribution in [1.82, 2.24) is 4.90 Å². The summed E-state index contributed by atoms with van der Waals surface area (Å²) in [5.41, 5.74) is 0.786. The lowest BCUT2D eigenvalue weighted by Crippen LogP contribution is -2.25. The van der Waals surface area contributed by atoms with E-state index in [1.807, 2.05) is 0 Å². The number of hydrogen-bond donors (Lipinski definition) is 2. The standard InChI is InChI=1S/C14H17BrN2O3/c15-11-9-10(14(19)20)3-4-12(11)16-13(18)5-8-17-6-1-2-7-17/h3-4,9H,1-2,5-8H2,(H,16,18)(H,19,20). The quantitative estimate of drug-likeness (QED) is 0.864. The van der Waals surface area contributed by atoms with Gasteiger partial charge in [-0.15, -0.1) is 0 Å². The van der Waals surface area contributed by atoms with Gasteiger partial charge in [-0.05, 0) is 60.1 Å². The molecule has 1 aromatic carbocycles. The molecule has 0 radical (unpaired) electrons. The van der Waals surface area contributed by atoms with E-state index in [4.69, 9.17) is 5.11 Å². The average Bonchev–Trinajstić information content (AvgIpc) is 2.91. The number of carboxylic acid groups (broad SMARTS) is 1. The van der Waals surface area contributed by atoms with Gasteiger partial charge in [-0.25, -0.2) is 4.79 Å². The normalized spacial score (nSPS) is 15.2. The smallest absolute Gasteiger partial charge is 0.335 e. The third-order valence-corrected chi connectivity index (χ3v) is 4.00. The zero-order chi connectivity index (χ0) is 14.5. The third kappa shape index (κ3) is 4.05. The minimum atomic E-state index is -0.988. The molecule has 5 nitrogen and oxygen atoms in total. The molecule has 1 amide bonds. The van der Waals surface area contributed by atoms with Crippen molar-refractivity contribution in [2.24, 2.45) is 0 Å². The monoisotopic (exact) mass is 340 g/mol. The molecule has 20 heavy (non-hydrogen) atoms. The number of benzene rings is 1. The molecule has 0 spiro atoms. The molecule has 0 unspecified atom stereocenters. The van der Waals surface area contributed by atoms with Gasteiger partial charge in [0, 0.05) is 17.4 Å². The Hall–Kier alpha value is -1.40. The summed E-state index contributed by atoms with van der Waals surface area (Å²) >= 11 is 3.27. The maximum Gasteiger partial charge on any atom is 0.335 e. The van der Waals surface area contributed by atoms with Crippen LogP contribution in [0.2, 0.25) is 0 Å².